The van der Waals surface area contributed by atoms with Crippen molar-refractivity contribution in [2.75, 3.05) is 11.2 Å². The number of halogens is 5. The number of ether oxygens (including phenoxy) is 1. The van der Waals surface area contributed by atoms with E-state index in [-0.39, 0.29) is 23.5 Å². The van der Waals surface area contributed by atoms with Gasteiger partial charge in [0.05, 0.1) is 11.8 Å². The molecule has 1 heterocycles. The van der Waals surface area contributed by atoms with Gasteiger partial charge in [0.2, 0.25) is 11.9 Å². The summed E-state index contributed by atoms with van der Waals surface area (Å²) in [6.45, 7) is 0. The minimum Gasteiger partial charge on any atom is -0.406 e. The molecule has 0 aliphatic carbocycles. The number of anilines is 2. The van der Waals surface area contributed by atoms with Gasteiger partial charge in [-0.05, 0) is 42.0 Å². The third-order valence-electron chi connectivity index (χ3n) is 3.33. The molecule has 0 radical (unpaired) electrons. The highest BCUT2D eigenvalue weighted by Crippen LogP contribution is 2.24. The monoisotopic (exact) mass is 410 g/mol. The molecule has 7 nitrogen and oxygen atoms in total. The Morgan fingerprint density at radius 2 is 1.62 bits per heavy atom. The summed E-state index contributed by atoms with van der Waals surface area (Å²) in [5, 5.41) is 3.80. The lowest BCUT2D eigenvalue weighted by atomic mass is 10.2. The standard InChI is InChI=1S/C17H11F5N6O/c18-11-2-1-3-12(19)13(11)14-25-15(23)27-16(26-14)28-24-8-9-4-6-10(7-5-9)29-17(20,21)22/h1-8H,(H3,23,25,26,27,28). The zero-order valence-electron chi connectivity index (χ0n) is 14.3. The molecule has 0 saturated heterocycles. The Morgan fingerprint density at radius 3 is 2.24 bits per heavy atom. The summed E-state index contributed by atoms with van der Waals surface area (Å²) in [7, 11) is 0. The van der Waals surface area contributed by atoms with E-state index in [9.17, 15) is 22.0 Å². The van der Waals surface area contributed by atoms with E-state index in [2.05, 4.69) is 30.2 Å². The Morgan fingerprint density at radius 1 is 0.966 bits per heavy atom. The molecule has 2 aromatic carbocycles. The van der Waals surface area contributed by atoms with E-state index in [4.69, 9.17) is 5.73 Å². The zero-order valence-corrected chi connectivity index (χ0v) is 14.3. The van der Waals surface area contributed by atoms with Crippen LogP contribution >= 0.6 is 0 Å². The van der Waals surface area contributed by atoms with Gasteiger partial charge in [-0.1, -0.05) is 6.07 Å². The van der Waals surface area contributed by atoms with Gasteiger partial charge < -0.3 is 10.5 Å². The Labute approximate surface area is 160 Å². The second-order valence-electron chi connectivity index (χ2n) is 5.42. The number of hydrogen-bond donors (Lipinski definition) is 2. The fourth-order valence-corrected chi connectivity index (χ4v) is 2.19. The van der Waals surface area contributed by atoms with Crippen molar-refractivity contribution in [2.45, 2.75) is 6.36 Å². The molecule has 150 valence electrons. The second-order valence-corrected chi connectivity index (χ2v) is 5.42. The summed E-state index contributed by atoms with van der Waals surface area (Å²) in [4.78, 5) is 11.3. The van der Waals surface area contributed by atoms with Crippen molar-refractivity contribution < 1.29 is 26.7 Å². The number of hydrogen-bond acceptors (Lipinski definition) is 7. The van der Waals surface area contributed by atoms with Gasteiger partial charge in [-0.2, -0.15) is 20.1 Å². The number of hydrazone groups is 1. The van der Waals surface area contributed by atoms with Crippen LogP contribution in [0, 0.1) is 11.6 Å². The van der Waals surface area contributed by atoms with Crippen LogP contribution < -0.4 is 15.9 Å². The van der Waals surface area contributed by atoms with E-state index in [1.54, 1.807) is 0 Å². The van der Waals surface area contributed by atoms with Crippen molar-refractivity contribution in [2.24, 2.45) is 5.10 Å². The number of aromatic nitrogens is 3. The molecule has 12 heteroatoms. The Bertz CT molecular complexity index is 1020. The van der Waals surface area contributed by atoms with Crippen molar-refractivity contribution in [1.29, 1.82) is 0 Å². The molecule has 0 atom stereocenters. The molecule has 0 fully saturated rings. The first kappa shape index (κ1) is 19.9. The molecule has 0 aliphatic heterocycles. The zero-order chi connectivity index (χ0) is 21.0. The van der Waals surface area contributed by atoms with Crippen molar-refractivity contribution in [1.82, 2.24) is 15.0 Å². The lowest BCUT2D eigenvalue weighted by molar-refractivity contribution is -0.274. The average molecular weight is 410 g/mol. The molecule has 0 amide bonds. The third kappa shape index (κ3) is 5.34. The van der Waals surface area contributed by atoms with Crippen LogP contribution in [0.15, 0.2) is 47.6 Å². The van der Waals surface area contributed by atoms with Crippen LogP contribution in [0.25, 0.3) is 11.4 Å². The molecule has 0 saturated carbocycles. The number of alkyl halides is 3. The Kier molecular flexibility index (Phi) is 5.52. The van der Waals surface area contributed by atoms with Crippen molar-refractivity contribution in [3.63, 3.8) is 0 Å². The maximum Gasteiger partial charge on any atom is 0.573 e. The molecule has 0 unspecified atom stereocenters. The second kappa shape index (κ2) is 8.04. The predicted molar refractivity (Wildman–Crippen MR) is 93.9 cm³/mol. The van der Waals surface area contributed by atoms with Crippen LogP contribution in [-0.2, 0) is 0 Å². The van der Waals surface area contributed by atoms with Crippen LogP contribution in [0.1, 0.15) is 5.56 Å². The number of rotatable bonds is 5. The molecule has 3 rings (SSSR count). The van der Waals surface area contributed by atoms with Crippen molar-refractivity contribution in [3.05, 3.63) is 59.7 Å². The number of nitrogen functional groups attached to an aromatic ring is 1. The van der Waals surface area contributed by atoms with E-state index in [1.807, 2.05) is 0 Å². The maximum absolute atomic E-state index is 13.9. The van der Waals surface area contributed by atoms with Gasteiger partial charge >= 0.3 is 6.36 Å². The predicted octanol–water partition coefficient (Wildman–Crippen LogP) is 3.74. The lowest BCUT2D eigenvalue weighted by Gasteiger charge is -2.08. The normalized spacial score (nSPS) is 11.6. The van der Waals surface area contributed by atoms with Crippen LogP contribution in [-0.4, -0.2) is 27.5 Å². The van der Waals surface area contributed by atoms with Gasteiger partial charge in [-0.3, -0.25) is 0 Å². The molecular formula is C17H11F5N6O. The molecule has 0 bridgehead atoms. The minimum atomic E-state index is -4.79. The van der Waals surface area contributed by atoms with Crippen LogP contribution in [0.2, 0.25) is 0 Å². The number of nitrogens with two attached hydrogens (primary N) is 1. The molecule has 3 N–H and O–H groups in total. The van der Waals surface area contributed by atoms with E-state index < -0.39 is 23.6 Å². The lowest BCUT2D eigenvalue weighted by Crippen LogP contribution is -2.17. The highest BCUT2D eigenvalue weighted by atomic mass is 19.4. The van der Waals surface area contributed by atoms with E-state index in [0.29, 0.717) is 5.56 Å². The first-order valence-electron chi connectivity index (χ1n) is 7.82. The topological polar surface area (TPSA) is 98.3 Å². The highest BCUT2D eigenvalue weighted by molar-refractivity contribution is 5.80. The fourth-order valence-electron chi connectivity index (χ4n) is 2.19. The molecule has 3 aromatic rings. The van der Waals surface area contributed by atoms with E-state index >= 15 is 0 Å². The van der Waals surface area contributed by atoms with Gasteiger partial charge in [-0.25, -0.2) is 14.2 Å². The van der Waals surface area contributed by atoms with Gasteiger partial charge in [0, 0.05) is 0 Å². The summed E-state index contributed by atoms with van der Waals surface area (Å²) < 4.78 is 68.0. The summed E-state index contributed by atoms with van der Waals surface area (Å²) in [6.07, 6.45) is -3.54. The number of nitrogens with zero attached hydrogens (tertiary/aromatic N) is 4. The summed E-state index contributed by atoms with van der Waals surface area (Å²) in [5.41, 5.74) is 7.90. The molecule has 0 spiro atoms. The first-order valence-corrected chi connectivity index (χ1v) is 7.82. The average Bonchev–Trinajstić information content (AvgIpc) is 2.61. The maximum atomic E-state index is 13.9. The van der Waals surface area contributed by atoms with Gasteiger partial charge in [0.15, 0.2) is 5.82 Å². The van der Waals surface area contributed by atoms with Crippen LogP contribution in [0.4, 0.5) is 33.8 Å². The quantitative estimate of drug-likeness (QED) is 0.378. The third-order valence-corrected chi connectivity index (χ3v) is 3.33. The van der Waals surface area contributed by atoms with E-state index in [0.717, 1.165) is 24.3 Å². The Balaban J connectivity index is 1.75. The molecule has 1 aromatic heterocycles. The summed E-state index contributed by atoms with van der Waals surface area (Å²) in [6, 6.07) is 8.13. The summed E-state index contributed by atoms with van der Waals surface area (Å²) >= 11 is 0. The van der Waals surface area contributed by atoms with Crippen LogP contribution in [0.3, 0.4) is 0 Å². The van der Waals surface area contributed by atoms with Gasteiger partial charge in [0.1, 0.15) is 17.4 Å². The summed E-state index contributed by atoms with van der Waals surface area (Å²) in [5.74, 6) is -2.98. The van der Waals surface area contributed by atoms with Gasteiger partial charge in [0.25, 0.3) is 0 Å². The first-order chi connectivity index (χ1) is 13.7. The fraction of sp³-hybridized carbons (Fsp3) is 0.0588. The van der Waals surface area contributed by atoms with E-state index in [1.165, 1.54) is 24.4 Å². The Hall–Kier alpha value is -3.83. The molecule has 0 aliphatic rings. The minimum absolute atomic E-state index is 0.191. The van der Waals surface area contributed by atoms with Gasteiger partial charge in [-0.15, -0.1) is 13.2 Å². The van der Waals surface area contributed by atoms with Crippen molar-refractivity contribution in [3.8, 4) is 17.1 Å². The largest absolute Gasteiger partial charge is 0.573 e. The molecule has 29 heavy (non-hydrogen) atoms. The number of benzene rings is 2. The van der Waals surface area contributed by atoms with Crippen LogP contribution in [0.5, 0.6) is 5.75 Å². The molecular weight excluding hydrogens is 399 g/mol. The smallest absolute Gasteiger partial charge is 0.406 e. The highest BCUT2D eigenvalue weighted by Gasteiger charge is 2.30. The SMILES string of the molecule is Nc1nc(NN=Cc2ccc(OC(F)(F)F)cc2)nc(-c2c(F)cccc2F)n1. The van der Waals surface area contributed by atoms with Crippen molar-refractivity contribution >= 4 is 18.1 Å². The number of nitrogens with one attached hydrogen (secondary N) is 1.